The maximum atomic E-state index is 13.2. The van der Waals surface area contributed by atoms with Crippen molar-refractivity contribution >= 4 is 23.5 Å². The molecule has 8 nitrogen and oxygen atoms in total. The molecule has 3 atom stereocenters. The molecule has 0 radical (unpaired) electrons. The number of hydrazine groups is 1. The molecule has 3 amide bonds. The molecule has 0 saturated carbocycles. The summed E-state index contributed by atoms with van der Waals surface area (Å²) in [5.41, 5.74) is 6.51. The zero-order chi connectivity index (χ0) is 23.1. The molecule has 0 aromatic rings. The van der Waals surface area contributed by atoms with Gasteiger partial charge in [-0.05, 0) is 50.6 Å². The summed E-state index contributed by atoms with van der Waals surface area (Å²) in [5.74, 6) is -1.07. The van der Waals surface area contributed by atoms with Crippen molar-refractivity contribution < 1.29 is 19.2 Å². The summed E-state index contributed by atoms with van der Waals surface area (Å²) in [6.45, 7) is 8.57. The van der Waals surface area contributed by atoms with Gasteiger partial charge in [0.05, 0.1) is 6.04 Å². The van der Waals surface area contributed by atoms with E-state index >= 15 is 0 Å². The summed E-state index contributed by atoms with van der Waals surface area (Å²) in [6.07, 6.45) is 7.12. The molecule has 0 aliphatic carbocycles. The standard InChI is InChI=1S/C23H38N4O4/c1-5-6-7-11-20(29)25-21-22(30)26-16(4)17(13-15(2)3)14-18(27(26)23(21)31)19(28)10-8-9-12-24/h14-16,18,21H,5-13,24H2,1-4H3,(H,25,29). The van der Waals surface area contributed by atoms with Crippen molar-refractivity contribution in [2.75, 3.05) is 6.54 Å². The fourth-order valence-electron chi connectivity index (χ4n) is 4.22. The zero-order valence-electron chi connectivity index (χ0n) is 19.4. The number of nitrogens with one attached hydrogen (secondary N) is 1. The molecule has 31 heavy (non-hydrogen) atoms. The Balaban J connectivity index is 2.26. The molecule has 174 valence electrons. The van der Waals surface area contributed by atoms with Crippen LogP contribution in [-0.4, -0.2) is 58.2 Å². The van der Waals surface area contributed by atoms with E-state index in [1.165, 1.54) is 10.0 Å². The predicted molar refractivity (Wildman–Crippen MR) is 118 cm³/mol. The van der Waals surface area contributed by atoms with Gasteiger partial charge in [0, 0.05) is 12.8 Å². The van der Waals surface area contributed by atoms with Crippen LogP contribution in [0.1, 0.15) is 79.1 Å². The molecular formula is C23H38N4O4. The number of hydrogen-bond acceptors (Lipinski definition) is 5. The summed E-state index contributed by atoms with van der Waals surface area (Å²) in [7, 11) is 0. The number of Topliss-reactive ketones (excluding diaryl/α,β-unsaturated/α-hetero) is 1. The number of fused-ring (bicyclic) bond motifs is 1. The van der Waals surface area contributed by atoms with E-state index in [4.69, 9.17) is 5.73 Å². The Kier molecular flexibility index (Phi) is 9.22. The Morgan fingerprint density at radius 3 is 2.32 bits per heavy atom. The number of amides is 3. The highest BCUT2D eigenvalue weighted by atomic mass is 16.2. The molecule has 2 aliphatic heterocycles. The van der Waals surface area contributed by atoms with Gasteiger partial charge in [0.2, 0.25) is 5.91 Å². The van der Waals surface area contributed by atoms with Gasteiger partial charge in [-0.15, -0.1) is 0 Å². The number of rotatable bonds is 12. The van der Waals surface area contributed by atoms with Crippen molar-refractivity contribution in [3.05, 3.63) is 11.6 Å². The van der Waals surface area contributed by atoms with Crippen LogP contribution in [0.15, 0.2) is 11.6 Å². The molecule has 8 heteroatoms. The predicted octanol–water partition coefficient (Wildman–Crippen LogP) is 2.08. The van der Waals surface area contributed by atoms with E-state index < -0.39 is 23.9 Å². The van der Waals surface area contributed by atoms with E-state index in [1.54, 1.807) is 0 Å². The number of ketones is 1. The SMILES string of the molecule is CCCCCC(=O)NC1C(=O)N2C(C)C(CC(C)C)=CC(C(=O)CCCCN)N2C1=O. The summed E-state index contributed by atoms with van der Waals surface area (Å²) in [5, 5.41) is 5.28. The first-order valence-electron chi connectivity index (χ1n) is 11.6. The van der Waals surface area contributed by atoms with E-state index in [0.717, 1.165) is 31.3 Å². The first-order valence-corrected chi connectivity index (χ1v) is 11.6. The number of hydrogen-bond donors (Lipinski definition) is 2. The molecule has 2 aliphatic rings. The van der Waals surface area contributed by atoms with Crippen molar-refractivity contribution in [1.82, 2.24) is 15.3 Å². The monoisotopic (exact) mass is 434 g/mol. The van der Waals surface area contributed by atoms with Gasteiger partial charge in [-0.25, -0.2) is 10.0 Å². The fraction of sp³-hybridized carbons (Fsp3) is 0.739. The molecule has 2 heterocycles. The van der Waals surface area contributed by atoms with Gasteiger partial charge >= 0.3 is 0 Å². The number of nitrogens with two attached hydrogens (primary N) is 1. The summed E-state index contributed by atoms with van der Waals surface area (Å²) in [6, 6.07) is -2.42. The van der Waals surface area contributed by atoms with E-state index in [9.17, 15) is 19.2 Å². The fourth-order valence-corrected chi connectivity index (χ4v) is 4.22. The van der Waals surface area contributed by atoms with Crippen LogP contribution in [0, 0.1) is 5.92 Å². The van der Waals surface area contributed by atoms with Crippen molar-refractivity contribution in [3.8, 4) is 0 Å². The Labute approximate surface area is 185 Å². The van der Waals surface area contributed by atoms with E-state index in [0.29, 0.717) is 31.7 Å². The second-order valence-corrected chi connectivity index (χ2v) is 9.00. The first kappa shape index (κ1) is 25.0. The minimum atomic E-state index is -1.26. The van der Waals surface area contributed by atoms with Gasteiger partial charge in [-0.3, -0.25) is 19.2 Å². The third-order valence-electron chi connectivity index (χ3n) is 5.88. The highest BCUT2D eigenvalue weighted by molar-refractivity contribution is 6.13. The highest BCUT2D eigenvalue weighted by Gasteiger charge is 2.54. The minimum absolute atomic E-state index is 0.109. The van der Waals surface area contributed by atoms with Crippen LogP contribution in [-0.2, 0) is 19.2 Å². The van der Waals surface area contributed by atoms with Crippen molar-refractivity contribution in [1.29, 1.82) is 0 Å². The van der Waals surface area contributed by atoms with Crippen molar-refractivity contribution in [2.45, 2.75) is 97.2 Å². The lowest BCUT2D eigenvalue weighted by Crippen LogP contribution is -2.57. The quantitative estimate of drug-likeness (QED) is 0.277. The molecular weight excluding hydrogens is 396 g/mol. The summed E-state index contributed by atoms with van der Waals surface area (Å²) >= 11 is 0. The van der Waals surface area contributed by atoms with Crippen LogP contribution in [0.3, 0.4) is 0 Å². The van der Waals surface area contributed by atoms with Crippen LogP contribution < -0.4 is 11.1 Å². The van der Waals surface area contributed by atoms with Crippen LogP contribution in [0.4, 0.5) is 0 Å². The Hall–Kier alpha value is -2.22. The number of unbranched alkanes of at least 4 members (excludes halogenated alkanes) is 3. The van der Waals surface area contributed by atoms with Gasteiger partial charge in [-0.1, -0.05) is 39.7 Å². The number of nitrogens with zero attached hydrogens (tertiary/aromatic N) is 2. The Morgan fingerprint density at radius 1 is 1.06 bits per heavy atom. The normalized spacial score (nSPS) is 23.3. The van der Waals surface area contributed by atoms with Gasteiger partial charge in [0.15, 0.2) is 11.8 Å². The largest absolute Gasteiger partial charge is 0.336 e. The molecule has 0 aromatic carbocycles. The average Bonchev–Trinajstić information content (AvgIpc) is 2.95. The second kappa shape index (κ2) is 11.4. The second-order valence-electron chi connectivity index (χ2n) is 9.00. The van der Waals surface area contributed by atoms with Gasteiger partial charge in [0.25, 0.3) is 11.8 Å². The minimum Gasteiger partial charge on any atom is -0.336 e. The lowest BCUT2D eigenvalue weighted by atomic mass is 9.91. The van der Waals surface area contributed by atoms with Gasteiger partial charge in [-0.2, -0.15) is 0 Å². The maximum Gasteiger partial charge on any atom is 0.274 e. The van der Waals surface area contributed by atoms with Crippen LogP contribution >= 0.6 is 0 Å². The molecule has 0 aromatic heterocycles. The zero-order valence-corrected chi connectivity index (χ0v) is 19.4. The molecule has 2 rings (SSSR count). The molecule has 1 fully saturated rings. The van der Waals surface area contributed by atoms with Gasteiger partial charge < -0.3 is 11.1 Å². The third-order valence-corrected chi connectivity index (χ3v) is 5.88. The smallest absolute Gasteiger partial charge is 0.274 e. The van der Waals surface area contributed by atoms with Crippen molar-refractivity contribution in [2.24, 2.45) is 11.7 Å². The number of carbonyl (C=O) groups is 4. The van der Waals surface area contributed by atoms with E-state index in [1.807, 2.05) is 19.9 Å². The summed E-state index contributed by atoms with van der Waals surface area (Å²) < 4.78 is 0. The van der Waals surface area contributed by atoms with Crippen LogP contribution in [0.2, 0.25) is 0 Å². The average molecular weight is 435 g/mol. The van der Waals surface area contributed by atoms with E-state index in [-0.39, 0.29) is 24.2 Å². The lowest BCUT2D eigenvalue weighted by molar-refractivity contribution is -0.158. The van der Waals surface area contributed by atoms with Crippen molar-refractivity contribution in [3.63, 3.8) is 0 Å². The molecule has 0 bridgehead atoms. The molecule has 1 saturated heterocycles. The maximum absolute atomic E-state index is 13.2. The van der Waals surface area contributed by atoms with Gasteiger partial charge in [0.1, 0.15) is 6.04 Å². The van der Waals surface area contributed by atoms with Crippen LogP contribution in [0.5, 0.6) is 0 Å². The number of carbonyl (C=O) groups excluding carboxylic acids is 4. The molecule has 3 N–H and O–H groups in total. The molecule has 3 unspecified atom stereocenters. The highest BCUT2D eigenvalue weighted by Crippen LogP contribution is 2.33. The molecule has 0 spiro atoms. The lowest BCUT2D eigenvalue weighted by Gasteiger charge is -2.42. The van der Waals surface area contributed by atoms with E-state index in [2.05, 4.69) is 19.2 Å². The third kappa shape index (κ3) is 5.93. The van der Waals surface area contributed by atoms with Crippen LogP contribution in [0.25, 0.3) is 0 Å². The summed E-state index contributed by atoms with van der Waals surface area (Å²) in [4.78, 5) is 51.7. The topological polar surface area (TPSA) is 113 Å². The Bertz CT molecular complexity index is 718. The Morgan fingerprint density at radius 2 is 1.71 bits per heavy atom. The first-order chi connectivity index (χ1) is 14.7.